The van der Waals surface area contributed by atoms with Crippen LogP contribution in [0.2, 0.25) is 0 Å². The third kappa shape index (κ3) is 2.60. The first-order valence-corrected chi connectivity index (χ1v) is 8.95. The summed E-state index contributed by atoms with van der Waals surface area (Å²) < 4.78 is 0.921. The van der Waals surface area contributed by atoms with Crippen molar-refractivity contribution in [3.05, 3.63) is 54.2 Å². The molecule has 3 aromatic rings. The number of hydrogen-bond acceptors (Lipinski definition) is 4. The van der Waals surface area contributed by atoms with Crippen LogP contribution in [0, 0.1) is 0 Å². The number of amides is 1. The van der Waals surface area contributed by atoms with Crippen molar-refractivity contribution in [2.45, 2.75) is 18.9 Å². The summed E-state index contributed by atoms with van der Waals surface area (Å²) in [5.41, 5.74) is 2.67. The molecule has 0 aliphatic carbocycles. The first-order valence-electron chi connectivity index (χ1n) is 8.13. The molecule has 24 heavy (non-hydrogen) atoms. The van der Waals surface area contributed by atoms with Crippen LogP contribution < -0.4 is 0 Å². The Hall–Kier alpha value is -2.24. The highest BCUT2D eigenvalue weighted by atomic mass is 32.1. The number of likely N-dealkylation sites (tertiary alicyclic amines) is 1. The number of pyridine rings is 1. The summed E-state index contributed by atoms with van der Waals surface area (Å²) in [4.78, 5) is 20.3. The fourth-order valence-electron chi connectivity index (χ4n) is 3.30. The standard InChI is InChI=1S/C19H18N2O2S/c22-12-14-7-4-10-21(14)19(23)15-8-9-20-16-11-17(24-18(15)16)13-5-2-1-3-6-13/h1-3,5-6,8-9,11,14,22H,4,7,10,12H2/t14-/m0/s1. The molecule has 0 unspecified atom stereocenters. The van der Waals surface area contributed by atoms with Crippen molar-refractivity contribution < 1.29 is 9.90 Å². The van der Waals surface area contributed by atoms with Crippen LogP contribution in [-0.4, -0.2) is 40.1 Å². The summed E-state index contributed by atoms with van der Waals surface area (Å²) in [6, 6.07) is 13.9. The predicted molar refractivity (Wildman–Crippen MR) is 96.2 cm³/mol. The summed E-state index contributed by atoms with van der Waals surface area (Å²) in [5.74, 6) is 0.000381. The molecule has 0 radical (unpaired) electrons. The summed E-state index contributed by atoms with van der Waals surface area (Å²) in [5, 5.41) is 9.49. The smallest absolute Gasteiger partial charge is 0.255 e. The van der Waals surface area contributed by atoms with Gasteiger partial charge < -0.3 is 10.0 Å². The molecule has 1 fully saturated rings. The minimum atomic E-state index is -0.0609. The molecule has 1 aliphatic rings. The zero-order valence-electron chi connectivity index (χ0n) is 13.2. The molecule has 0 bridgehead atoms. The van der Waals surface area contributed by atoms with Gasteiger partial charge in [-0.3, -0.25) is 9.78 Å². The number of carbonyl (C=O) groups excluding carboxylic acids is 1. The van der Waals surface area contributed by atoms with E-state index in [9.17, 15) is 9.90 Å². The minimum Gasteiger partial charge on any atom is -0.394 e. The van der Waals surface area contributed by atoms with Gasteiger partial charge in [0.1, 0.15) is 0 Å². The maximum absolute atomic E-state index is 13.0. The lowest BCUT2D eigenvalue weighted by atomic mass is 10.1. The van der Waals surface area contributed by atoms with Gasteiger partial charge in [0.25, 0.3) is 5.91 Å². The molecule has 1 aromatic carbocycles. The second-order valence-corrected chi connectivity index (χ2v) is 7.08. The number of carbonyl (C=O) groups is 1. The average Bonchev–Trinajstić information content (AvgIpc) is 3.28. The van der Waals surface area contributed by atoms with Crippen molar-refractivity contribution in [2.24, 2.45) is 0 Å². The van der Waals surface area contributed by atoms with Gasteiger partial charge in [-0.15, -0.1) is 11.3 Å². The number of aliphatic hydroxyl groups is 1. The molecule has 0 saturated carbocycles. The zero-order chi connectivity index (χ0) is 16.5. The maximum atomic E-state index is 13.0. The van der Waals surface area contributed by atoms with E-state index in [1.54, 1.807) is 28.5 Å². The second kappa shape index (κ2) is 6.34. The molecular weight excluding hydrogens is 320 g/mol. The average molecular weight is 338 g/mol. The van der Waals surface area contributed by atoms with Gasteiger partial charge in [0.05, 0.1) is 28.4 Å². The van der Waals surface area contributed by atoms with E-state index in [1.807, 2.05) is 24.3 Å². The Bertz CT molecular complexity index is 875. The summed E-state index contributed by atoms with van der Waals surface area (Å²) in [7, 11) is 0. The Balaban J connectivity index is 1.76. The maximum Gasteiger partial charge on any atom is 0.255 e. The molecule has 122 valence electrons. The molecule has 0 spiro atoms. The molecule has 1 N–H and O–H groups in total. The number of hydrogen-bond donors (Lipinski definition) is 1. The molecule has 1 saturated heterocycles. The molecular formula is C19H18N2O2S. The van der Waals surface area contributed by atoms with E-state index in [0.717, 1.165) is 33.5 Å². The molecule has 1 amide bonds. The molecule has 1 atom stereocenters. The van der Waals surface area contributed by atoms with Crippen molar-refractivity contribution in [3.8, 4) is 10.4 Å². The third-order valence-electron chi connectivity index (χ3n) is 4.55. The predicted octanol–water partition coefficient (Wildman–Crippen LogP) is 3.56. The lowest BCUT2D eigenvalue weighted by Crippen LogP contribution is -2.37. The first-order chi connectivity index (χ1) is 11.8. The summed E-state index contributed by atoms with van der Waals surface area (Å²) in [6.45, 7) is 0.741. The fraction of sp³-hybridized carbons (Fsp3) is 0.263. The van der Waals surface area contributed by atoms with E-state index in [1.165, 1.54) is 0 Å². The van der Waals surface area contributed by atoms with Crippen LogP contribution in [-0.2, 0) is 0 Å². The molecule has 4 rings (SSSR count). The van der Waals surface area contributed by atoms with E-state index < -0.39 is 0 Å². The van der Waals surface area contributed by atoms with Crippen molar-refractivity contribution in [1.82, 2.24) is 9.88 Å². The number of fused-ring (bicyclic) bond motifs is 1. The number of rotatable bonds is 3. The lowest BCUT2D eigenvalue weighted by Gasteiger charge is -2.23. The monoisotopic (exact) mass is 338 g/mol. The Kier molecular flexibility index (Phi) is 4.04. The topological polar surface area (TPSA) is 53.4 Å². The number of aromatic nitrogens is 1. The van der Waals surface area contributed by atoms with Gasteiger partial charge in [0.15, 0.2) is 0 Å². The third-order valence-corrected chi connectivity index (χ3v) is 5.76. The van der Waals surface area contributed by atoms with Crippen molar-refractivity contribution in [1.29, 1.82) is 0 Å². The van der Waals surface area contributed by atoms with E-state index >= 15 is 0 Å². The number of benzene rings is 1. The van der Waals surface area contributed by atoms with Gasteiger partial charge in [-0.25, -0.2) is 0 Å². The SMILES string of the molecule is O=C(c1ccnc2cc(-c3ccccc3)sc12)N1CCC[C@H]1CO. The van der Waals surface area contributed by atoms with Gasteiger partial charge in [-0.05, 0) is 30.5 Å². The summed E-state index contributed by atoms with van der Waals surface area (Å²) >= 11 is 1.60. The quantitative estimate of drug-likeness (QED) is 0.794. The van der Waals surface area contributed by atoms with Gasteiger partial charge in [-0.1, -0.05) is 30.3 Å². The van der Waals surface area contributed by atoms with Gasteiger partial charge >= 0.3 is 0 Å². The highest BCUT2D eigenvalue weighted by Gasteiger charge is 2.30. The van der Waals surface area contributed by atoms with Crippen LogP contribution in [0.15, 0.2) is 48.7 Å². The van der Waals surface area contributed by atoms with Gasteiger partial charge in [0, 0.05) is 17.6 Å². The van der Waals surface area contributed by atoms with Crippen LogP contribution >= 0.6 is 11.3 Å². The van der Waals surface area contributed by atoms with Crippen molar-refractivity contribution in [2.75, 3.05) is 13.2 Å². The largest absolute Gasteiger partial charge is 0.394 e. The van der Waals surface area contributed by atoms with Crippen LogP contribution in [0.4, 0.5) is 0 Å². The Morgan fingerprint density at radius 2 is 2.12 bits per heavy atom. The molecule has 1 aliphatic heterocycles. The summed E-state index contributed by atoms with van der Waals surface area (Å²) in [6.07, 6.45) is 3.52. The number of nitrogens with zero attached hydrogens (tertiary/aromatic N) is 2. The van der Waals surface area contributed by atoms with Crippen LogP contribution in [0.5, 0.6) is 0 Å². The highest BCUT2D eigenvalue weighted by Crippen LogP contribution is 2.35. The van der Waals surface area contributed by atoms with Crippen LogP contribution in [0.1, 0.15) is 23.2 Å². The van der Waals surface area contributed by atoms with Crippen LogP contribution in [0.3, 0.4) is 0 Å². The minimum absolute atomic E-state index is 0.000381. The highest BCUT2D eigenvalue weighted by molar-refractivity contribution is 7.22. The Labute approximate surface area is 144 Å². The molecule has 3 heterocycles. The second-order valence-electron chi connectivity index (χ2n) is 6.03. The van der Waals surface area contributed by atoms with E-state index in [-0.39, 0.29) is 18.6 Å². The van der Waals surface area contributed by atoms with Gasteiger partial charge in [-0.2, -0.15) is 0 Å². The van der Waals surface area contributed by atoms with Gasteiger partial charge in [0.2, 0.25) is 0 Å². The van der Waals surface area contributed by atoms with Crippen molar-refractivity contribution >= 4 is 27.5 Å². The number of thiophene rings is 1. The first kappa shape index (κ1) is 15.3. The molecule has 2 aromatic heterocycles. The molecule has 4 nitrogen and oxygen atoms in total. The van der Waals surface area contributed by atoms with Crippen LogP contribution in [0.25, 0.3) is 20.7 Å². The number of aliphatic hydroxyl groups excluding tert-OH is 1. The van der Waals surface area contributed by atoms with Crippen molar-refractivity contribution in [3.63, 3.8) is 0 Å². The Morgan fingerprint density at radius 3 is 2.92 bits per heavy atom. The van der Waals surface area contributed by atoms with E-state index in [0.29, 0.717) is 12.1 Å². The lowest BCUT2D eigenvalue weighted by molar-refractivity contribution is 0.0679. The van der Waals surface area contributed by atoms with E-state index in [2.05, 4.69) is 17.1 Å². The molecule has 5 heteroatoms. The Morgan fingerprint density at radius 1 is 1.29 bits per heavy atom. The fourth-order valence-corrected chi connectivity index (χ4v) is 4.42. The normalized spacial score (nSPS) is 17.5. The van der Waals surface area contributed by atoms with E-state index in [4.69, 9.17) is 0 Å². The zero-order valence-corrected chi connectivity index (χ0v) is 14.0.